The van der Waals surface area contributed by atoms with Gasteiger partial charge in [0.25, 0.3) is 5.69 Å². The maximum Gasteiger partial charge on any atom is 0.341 e. The second-order valence-electron chi connectivity index (χ2n) is 7.57. The number of carbonyl (C=O) groups is 2. The van der Waals surface area contributed by atoms with Crippen LogP contribution >= 0.6 is 11.3 Å². The number of hydrogen-bond acceptors (Lipinski definition) is 9. The third-order valence-corrected chi connectivity index (χ3v) is 7.57. The van der Waals surface area contributed by atoms with Gasteiger partial charge in [0.05, 0.1) is 30.5 Å². The number of non-ortho nitro benzene ring substituents is 1. The van der Waals surface area contributed by atoms with E-state index in [-0.39, 0.29) is 23.7 Å². The number of hydrogen-bond donors (Lipinski definition) is 1. The number of sulfonamides is 1. The van der Waals surface area contributed by atoms with E-state index in [0.717, 1.165) is 46.3 Å². The third kappa shape index (κ3) is 5.47. The number of nitrogens with one attached hydrogen (secondary N) is 1. The lowest BCUT2D eigenvalue weighted by molar-refractivity contribution is -0.384. The number of fused-ring (bicyclic) bond motifs is 1. The van der Waals surface area contributed by atoms with Gasteiger partial charge in [0, 0.05) is 17.0 Å². The van der Waals surface area contributed by atoms with Crippen LogP contribution < -0.4 is 14.4 Å². The van der Waals surface area contributed by atoms with Gasteiger partial charge in [0.15, 0.2) is 0 Å². The molecule has 0 radical (unpaired) electrons. The molecular formula is C21H25N3O8S2. The molecule has 13 heteroatoms. The van der Waals surface area contributed by atoms with Gasteiger partial charge in [-0.2, -0.15) is 0 Å². The Balaban J connectivity index is 1.95. The number of esters is 1. The number of nitrogens with zero attached hydrogens (tertiary/aromatic N) is 2. The van der Waals surface area contributed by atoms with Crippen molar-refractivity contribution >= 4 is 49.6 Å². The van der Waals surface area contributed by atoms with Crippen molar-refractivity contribution in [2.24, 2.45) is 0 Å². The van der Waals surface area contributed by atoms with Crippen molar-refractivity contribution in [3.8, 4) is 5.75 Å². The van der Waals surface area contributed by atoms with E-state index in [9.17, 15) is 28.1 Å². The Bertz CT molecular complexity index is 1220. The van der Waals surface area contributed by atoms with Crippen molar-refractivity contribution in [1.82, 2.24) is 0 Å². The summed E-state index contributed by atoms with van der Waals surface area (Å²) < 4.78 is 36.1. The molecule has 3 rings (SSSR count). The number of carbonyl (C=O) groups excluding carboxylic acids is 2. The number of aryl methyl sites for hydroxylation is 1. The summed E-state index contributed by atoms with van der Waals surface area (Å²) in [6.45, 7) is 1.18. The Morgan fingerprint density at radius 2 is 1.97 bits per heavy atom. The second kappa shape index (κ2) is 10.4. The highest BCUT2D eigenvalue weighted by Crippen LogP contribution is 2.39. The number of amides is 1. The van der Waals surface area contributed by atoms with Crippen LogP contribution in [-0.4, -0.2) is 51.7 Å². The van der Waals surface area contributed by atoms with E-state index < -0.39 is 33.4 Å². The van der Waals surface area contributed by atoms with Crippen molar-refractivity contribution in [2.75, 3.05) is 36.1 Å². The lowest BCUT2D eigenvalue weighted by Gasteiger charge is -2.23. The first-order valence-corrected chi connectivity index (χ1v) is 13.1. The van der Waals surface area contributed by atoms with E-state index in [1.807, 2.05) is 0 Å². The molecule has 1 aromatic heterocycles. The molecule has 34 heavy (non-hydrogen) atoms. The molecule has 0 fully saturated rings. The van der Waals surface area contributed by atoms with E-state index in [2.05, 4.69) is 5.32 Å². The zero-order valence-corrected chi connectivity index (χ0v) is 20.6. The standard InChI is InChI=1S/C21H25N3O8S2/c1-4-32-21(26)19-14-7-5-6-8-17(14)33-20(19)22-18(25)12-23(34(3,29)30)15-11-13(24(27)28)9-10-16(15)31-2/h9-11H,4-8,12H2,1-3H3,(H,22,25). The second-order valence-corrected chi connectivity index (χ2v) is 10.6. The molecule has 1 aliphatic rings. The number of methoxy groups -OCH3 is 1. The van der Waals surface area contributed by atoms with E-state index in [1.165, 1.54) is 30.6 Å². The molecule has 1 amide bonds. The quantitative estimate of drug-likeness (QED) is 0.307. The van der Waals surface area contributed by atoms with Gasteiger partial charge in [-0.3, -0.25) is 19.2 Å². The zero-order chi connectivity index (χ0) is 25.0. The van der Waals surface area contributed by atoms with Gasteiger partial charge in [0.1, 0.15) is 23.0 Å². The first-order chi connectivity index (χ1) is 16.1. The van der Waals surface area contributed by atoms with E-state index >= 15 is 0 Å². The van der Waals surface area contributed by atoms with E-state index in [1.54, 1.807) is 6.92 Å². The minimum Gasteiger partial charge on any atom is -0.495 e. The molecule has 11 nitrogen and oxygen atoms in total. The number of nitro groups is 1. The topological polar surface area (TPSA) is 145 Å². The summed E-state index contributed by atoms with van der Waals surface area (Å²) in [7, 11) is -2.75. The van der Waals surface area contributed by atoms with Crippen molar-refractivity contribution in [3.63, 3.8) is 0 Å². The Morgan fingerprint density at radius 1 is 1.26 bits per heavy atom. The fourth-order valence-electron chi connectivity index (χ4n) is 3.74. The molecular weight excluding hydrogens is 486 g/mol. The van der Waals surface area contributed by atoms with Crippen LogP contribution in [0.2, 0.25) is 0 Å². The minimum atomic E-state index is -4.04. The molecule has 0 aliphatic heterocycles. The normalized spacial score (nSPS) is 13.0. The highest BCUT2D eigenvalue weighted by Gasteiger charge is 2.30. The SMILES string of the molecule is CCOC(=O)c1c(NC(=O)CN(c2cc([N+](=O)[O-])ccc2OC)S(C)(=O)=O)sc2c1CCCC2. The molecule has 0 saturated heterocycles. The predicted octanol–water partition coefficient (Wildman–Crippen LogP) is 3.13. The summed E-state index contributed by atoms with van der Waals surface area (Å²) in [4.78, 5) is 37.1. The number of rotatable bonds is 9. The zero-order valence-electron chi connectivity index (χ0n) is 19.0. The van der Waals surface area contributed by atoms with Crippen LogP contribution in [0.3, 0.4) is 0 Å². The summed E-state index contributed by atoms with van der Waals surface area (Å²) >= 11 is 1.27. The molecule has 0 saturated carbocycles. The molecule has 1 aliphatic carbocycles. The lowest BCUT2D eigenvalue weighted by Crippen LogP contribution is -2.37. The van der Waals surface area contributed by atoms with Crippen molar-refractivity contribution in [3.05, 3.63) is 44.3 Å². The number of thiophene rings is 1. The predicted molar refractivity (Wildman–Crippen MR) is 127 cm³/mol. The molecule has 0 bridgehead atoms. The summed E-state index contributed by atoms with van der Waals surface area (Å²) in [6, 6.07) is 3.46. The van der Waals surface area contributed by atoms with Crippen molar-refractivity contribution < 1.29 is 32.4 Å². The van der Waals surface area contributed by atoms with Crippen LogP contribution in [0.25, 0.3) is 0 Å². The van der Waals surface area contributed by atoms with Gasteiger partial charge in [-0.15, -0.1) is 11.3 Å². The molecule has 0 spiro atoms. The Kier molecular flexibility index (Phi) is 7.77. The summed E-state index contributed by atoms with van der Waals surface area (Å²) in [6.07, 6.45) is 4.24. The van der Waals surface area contributed by atoms with Crippen LogP contribution in [0.1, 0.15) is 40.6 Å². The molecule has 0 unspecified atom stereocenters. The molecule has 1 aromatic carbocycles. The smallest absolute Gasteiger partial charge is 0.341 e. The Labute approximate surface area is 200 Å². The van der Waals surface area contributed by atoms with Crippen LogP contribution in [0.15, 0.2) is 18.2 Å². The van der Waals surface area contributed by atoms with Gasteiger partial charge in [-0.25, -0.2) is 13.2 Å². The Hall–Kier alpha value is -3.19. The minimum absolute atomic E-state index is 0.0441. The molecule has 1 heterocycles. The van der Waals surface area contributed by atoms with Crippen LogP contribution in [0.4, 0.5) is 16.4 Å². The largest absolute Gasteiger partial charge is 0.495 e. The first-order valence-electron chi connectivity index (χ1n) is 10.5. The fourth-order valence-corrected chi connectivity index (χ4v) is 5.88. The van der Waals surface area contributed by atoms with E-state index in [0.29, 0.717) is 17.0 Å². The highest BCUT2D eigenvalue weighted by molar-refractivity contribution is 7.92. The van der Waals surface area contributed by atoms with Crippen LogP contribution in [-0.2, 0) is 32.4 Å². The molecule has 1 N–H and O–H groups in total. The average molecular weight is 512 g/mol. The molecule has 184 valence electrons. The van der Waals surface area contributed by atoms with Crippen LogP contribution in [0.5, 0.6) is 5.75 Å². The van der Waals surface area contributed by atoms with Crippen molar-refractivity contribution in [1.29, 1.82) is 0 Å². The monoisotopic (exact) mass is 511 g/mol. The van der Waals surface area contributed by atoms with Gasteiger partial charge >= 0.3 is 5.97 Å². The maximum absolute atomic E-state index is 13.0. The van der Waals surface area contributed by atoms with Gasteiger partial charge in [0.2, 0.25) is 15.9 Å². The fraction of sp³-hybridized carbons (Fsp3) is 0.429. The maximum atomic E-state index is 13.0. The number of benzene rings is 1. The van der Waals surface area contributed by atoms with E-state index in [4.69, 9.17) is 9.47 Å². The number of ether oxygens (including phenoxy) is 2. The molecule has 0 atom stereocenters. The van der Waals surface area contributed by atoms with Gasteiger partial charge in [-0.1, -0.05) is 0 Å². The highest BCUT2D eigenvalue weighted by atomic mass is 32.2. The van der Waals surface area contributed by atoms with Gasteiger partial charge in [-0.05, 0) is 44.2 Å². The third-order valence-electron chi connectivity index (χ3n) is 5.23. The van der Waals surface area contributed by atoms with Gasteiger partial charge < -0.3 is 14.8 Å². The first kappa shape index (κ1) is 25.4. The van der Waals surface area contributed by atoms with Crippen molar-refractivity contribution in [2.45, 2.75) is 32.6 Å². The number of anilines is 2. The summed E-state index contributed by atoms with van der Waals surface area (Å²) in [5, 5.41) is 14.2. The molecule has 2 aromatic rings. The van der Waals surface area contributed by atoms with Crippen LogP contribution in [0, 0.1) is 10.1 Å². The average Bonchev–Trinajstić information content (AvgIpc) is 3.14. The lowest BCUT2D eigenvalue weighted by atomic mass is 9.95. The Morgan fingerprint density at radius 3 is 2.59 bits per heavy atom. The summed E-state index contributed by atoms with van der Waals surface area (Å²) in [5.41, 5.74) is 0.643. The summed E-state index contributed by atoms with van der Waals surface area (Å²) in [5.74, 6) is -1.22. The number of nitro benzene ring substituents is 1.